The van der Waals surface area contributed by atoms with E-state index in [1.807, 2.05) is 18.9 Å². The molecule has 1 fully saturated rings. The third kappa shape index (κ3) is 2.96. The van der Waals surface area contributed by atoms with E-state index in [2.05, 4.69) is 5.32 Å². The molecule has 4 nitrogen and oxygen atoms in total. The third-order valence-corrected chi connectivity index (χ3v) is 2.87. The second kappa shape index (κ2) is 5.32. The molecule has 1 saturated heterocycles. The van der Waals surface area contributed by atoms with E-state index >= 15 is 0 Å². The summed E-state index contributed by atoms with van der Waals surface area (Å²) in [5.41, 5.74) is 0. The fourth-order valence-electron chi connectivity index (χ4n) is 2.06. The number of nitrogens with zero attached hydrogens (tertiary/aromatic N) is 1. The first-order chi connectivity index (χ1) is 6.65. The smallest absolute Gasteiger partial charge is 0.320 e. The molecule has 14 heavy (non-hydrogen) atoms. The molecule has 2 unspecified atom stereocenters. The van der Waals surface area contributed by atoms with E-state index in [0.29, 0.717) is 12.5 Å². The molecular weight excluding hydrogens is 180 g/mol. The monoisotopic (exact) mass is 200 g/mol. The van der Waals surface area contributed by atoms with E-state index in [4.69, 9.17) is 5.11 Å². The lowest BCUT2D eigenvalue weighted by Gasteiger charge is -2.26. The van der Waals surface area contributed by atoms with Crippen LogP contribution in [0.5, 0.6) is 0 Å². The highest BCUT2D eigenvalue weighted by molar-refractivity contribution is 5.73. The van der Waals surface area contributed by atoms with Crippen LogP contribution in [-0.4, -0.2) is 48.2 Å². The van der Waals surface area contributed by atoms with Crippen molar-refractivity contribution in [1.82, 2.24) is 10.2 Å². The Morgan fingerprint density at radius 2 is 2.43 bits per heavy atom. The van der Waals surface area contributed by atoms with Crippen molar-refractivity contribution in [3.63, 3.8) is 0 Å². The molecule has 0 amide bonds. The van der Waals surface area contributed by atoms with E-state index in [1.165, 1.54) is 12.8 Å². The molecule has 0 bridgehead atoms. The Hall–Kier alpha value is -0.610. The molecule has 0 aromatic carbocycles. The van der Waals surface area contributed by atoms with Crippen LogP contribution in [0, 0.1) is 0 Å². The van der Waals surface area contributed by atoms with Gasteiger partial charge in [-0.3, -0.25) is 9.69 Å². The van der Waals surface area contributed by atoms with E-state index < -0.39 is 5.97 Å². The average molecular weight is 200 g/mol. The molecule has 0 saturated carbocycles. The first-order valence-corrected chi connectivity index (χ1v) is 5.31. The molecular formula is C10H20N2O2. The number of carboxylic acid groups (broad SMARTS) is 1. The SMILES string of the molecule is CCC(C(=O)O)N(C)CC1CCCN1. The molecule has 1 aliphatic heterocycles. The van der Waals surface area contributed by atoms with E-state index in [-0.39, 0.29) is 6.04 Å². The van der Waals surface area contributed by atoms with Gasteiger partial charge in [-0.05, 0) is 32.9 Å². The molecule has 0 spiro atoms. The predicted molar refractivity (Wildman–Crippen MR) is 55.4 cm³/mol. The van der Waals surface area contributed by atoms with Gasteiger partial charge in [-0.1, -0.05) is 6.92 Å². The van der Waals surface area contributed by atoms with E-state index in [9.17, 15) is 4.79 Å². The van der Waals surface area contributed by atoms with Crippen LogP contribution in [0.1, 0.15) is 26.2 Å². The first-order valence-electron chi connectivity index (χ1n) is 5.31. The summed E-state index contributed by atoms with van der Waals surface area (Å²) in [6.07, 6.45) is 3.04. The van der Waals surface area contributed by atoms with Gasteiger partial charge >= 0.3 is 5.97 Å². The molecule has 0 aliphatic carbocycles. The Labute approximate surface area is 85.3 Å². The van der Waals surface area contributed by atoms with Crippen molar-refractivity contribution in [2.45, 2.75) is 38.3 Å². The van der Waals surface area contributed by atoms with Crippen LogP contribution < -0.4 is 5.32 Å². The van der Waals surface area contributed by atoms with E-state index in [1.54, 1.807) is 0 Å². The molecule has 2 N–H and O–H groups in total. The number of aliphatic carboxylic acids is 1. The fraction of sp³-hybridized carbons (Fsp3) is 0.900. The van der Waals surface area contributed by atoms with Crippen molar-refractivity contribution in [2.24, 2.45) is 0 Å². The number of rotatable bonds is 5. The minimum Gasteiger partial charge on any atom is -0.480 e. The van der Waals surface area contributed by atoms with Crippen LogP contribution in [0.2, 0.25) is 0 Å². The van der Waals surface area contributed by atoms with Crippen LogP contribution in [0.3, 0.4) is 0 Å². The summed E-state index contributed by atoms with van der Waals surface area (Å²) >= 11 is 0. The van der Waals surface area contributed by atoms with Gasteiger partial charge in [0.15, 0.2) is 0 Å². The van der Waals surface area contributed by atoms with Crippen molar-refractivity contribution in [3.8, 4) is 0 Å². The van der Waals surface area contributed by atoms with Gasteiger partial charge < -0.3 is 10.4 Å². The highest BCUT2D eigenvalue weighted by atomic mass is 16.4. The summed E-state index contributed by atoms with van der Waals surface area (Å²) in [4.78, 5) is 12.8. The average Bonchev–Trinajstić information content (AvgIpc) is 2.57. The number of carbonyl (C=O) groups is 1. The second-order valence-electron chi connectivity index (χ2n) is 4.00. The minimum absolute atomic E-state index is 0.336. The molecule has 4 heteroatoms. The molecule has 0 radical (unpaired) electrons. The maximum atomic E-state index is 10.9. The Bertz CT molecular complexity index is 191. The normalized spacial score (nSPS) is 24.1. The molecule has 0 aromatic rings. The minimum atomic E-state index is -0.715. The lowest BCUT2D eigenvalue weighted by Crippen LogP contribution is -2.44. The molecule has 1 aliphatic rings. The van der Waals surface area contributed by atoms with Crippen molar-refractivity contribution in [2.75, 3.05) is 20.1 Å². The topological polar surface area (TPSA) is 52.6 Å². The van der Waals surface area contributed by atoms with Gasteiger partial charge in [0.1, 0.15) is 6.04 Å². The van der Waals surface area contributed by atoms with Gasteiger partial charge in [0.05, 0.1) is 0 Å². The second-order valence-corrected chi connectivity index (χ2v) is 4.00. The van der Waals surface area contributed by atoms with Crippen LogP contribution >= 0.6 is 0 Å². The van der Waals surface area contributed by atoms with Crippen molar-refractivity contribution >= 4 is 5.97 Å². The molecule has 2 atom stereocenters. The first kappa shape index (κ1) is 11.5. The Morgan fingerprint density at radius 1 is 1.71 bits per heavy atom. The number of carboxylic acids is 1. The van der Waals surface area contributed by atoms with E-state index in [0.717, 1.165) is 13.1 Å². The zero-order valence-electron chi connectivity index (χ0n) is 8.99. The van der Waals surface area contributed by atoms with Crippen molar-refractivity contribution in [1.29, 1.82) is 0 Å². The summed E-state index contributed by atoms with van der Waals surface area (Å²) in [7, 11) is 1.89. The number of nitrogens with one attached hydrogen (secondary N) is 1. The standard InChI is InChI=1S/C10H20N2O2/c1-3-9(10(13)14)12(2)7-8-5-4-6-11-8/h8-9,11H,3-7H2,1-2H3,(H,13,14). The Morgan fingerprint density at radius 3 is 2.86 bits per heavy atom. The summed E-state index contributed by atoms with van der Waals surface area (Å²) in [5.74, 6) is -0.715. The largest absolute Gasteiger partial charge is 0.480 e. The van der Waals surface area contributed by atoms with Crippen LogP contribution in [0.15, 0.2) is 0 Å². The summed E-state index contributed by atoms with van der Waals surface area (Å²) in [6.45, 7) is 3.82. The zero-order valence-corrected chi connectivity index (χ0v) is 8.99. The van der Waals surface area contributed by atoms with Crippen LogP contribution in [-0.2, 0) is 4.79 Å². The molecule has 0 aromatic heterocycles. The highest BCUT2D eigenvalue weighted by Crippen LogP contribution is 2.09. The molecule has 1 rings (SSSR count). The summed E-state index contributed by atoms with van der Waals surface area (Å²) in [5, 5.41) is 12.3. The van der Waals surface area contributed by atoms with Crippen molar-refractivity contribution in [3.05, 3.63) is 0 Å². The maximum absolute atomic E-state index is 10.9. The highest BCUT2D eigenvalue weighted by Gasteiger charge is 2.24. The number of likely N-dealkylation sites (N-methyl/N-ethyl adjacent to an activating group) is 1. The van der Waals surface area contributed by atoms with Gasteiger partial charge in [0, 0.05) is 12.6 Å². The maximum Gasteiger partial charge on any atom is 0.320 e. The van der Waals surface area contributed by atoms with Gasteiger partial charge in [-0.15, -0.1) is 0 Å². The quantitative estimate of drug-likeness (QED) is 0.680. The molecule has 1 heterocycles. The number of hydrogen-bond donors (Lipinski definition) is 2. The van der Waals surface area contributed by atoms with Gasteiger partial charge in [-0.2, -0.15) is 0 Å². The van der Waals surface area contributed by atoms with Crippen LogP contribution in [0.4, 0.5) is 0 Å². The Balaban J connectivity index is 2.37. The Kier molecular flexibility index (Phi) is 4.35. The van der Waals surface area contributed by atoms with Crippen molar-refractivity contribution < 1.29 is 9.90 Å². The van der Waals surface area contributed by atoms with Gasteiger partial charge in [0.2, 0.25) is 0 Å². The molecule has 82 valence electrons. The lowest BCUT2D eigenvalue weighted by molar-refractivity contribution is -0.142. The number of hydrogen-bond acceptors (Lipinski definition) is 3. The van der Waals surface area contributed by atoms with Crippen LogP contribution in [0.25, 0.3) is 0 Å². The summed E-state index contributed by atoms with van der Waals surface area (Å²) in [6, 6.07) is 0.144. The fourth-order valence-corrected chi connectivity index (χ4v) is 2.06. The van der Waals surface area contributed by atoms with Gasteiger partial charge in [0.25, 0.3) is 0 Å². The summed E-state index contributed by atoms with van der Waals surface area (Å²) < 4.78 is 0. The third-order valence-electron chi connectivity index (χ3n) is 2.87. The predicted octanol–water partition coefficient (Wildman–Crippen LogP) is 0.533. The lowest BCUT2D eigenvalue weighted by atomic mass is 10.1. The zero-order chi connectivity index (χ0) is 10.6. The van der Waals surface area contributed by atoms with Gasteiger partial charge in [-0.25, -0.2) is 0 Å².